The highest BCUT2D eigenvalue weighted by Crippen LogP contribution is 2.35. The van der Waals surface area contributed by atoms with Gasteiger partial charge in [-0.1, -0.05) is 30.3 Å². The van der Waals surface area contributed by atoms with Crippen LogP contribution in [-0.4, -0.2) is 53.0 Å². The summed E-state index contributed by atoms with van der Waals surface area (Å²) in [5, 5.41) is 2.67. The molecule has 2 aromatic rings. The fourth-order valence-electron chi connectivity index (χ4n) is 4.06. The molecular weight excluding hydrogens is 426 g/mol. The minimum absolute atomic E-state index is 0.156. The Kier molecular flexibility index (Phi) is 5.35. The molecule has 33 heavy (non-hydrogen) atoms. The highest BCUT2D eigenvalue weighted by atomic mass is 16.6. The fourth-order valence-corrected chi connectivity index (χ4v) is 4.06. The van der Waals surface area contributed by atoms with Crippen molar-refractivity contribution in [1.29, 1.82) is 0 Å². The first kappa shape index (κ1) is 22.3. The summed E-state index contributed by atoms with van der Waals surface area (Å²) >= 11 is 0. The maximum Gasteiger partial charge on any atom is 0.425 e. The zero-order chi connectivity index (χ0) is 24.0. The van der Waals surface area contributed by atoms with Gasteiger partial charge in [0.15, 0.2) is 5.54 Å². The Morgan fingerprint density at radius 2 is 1.79 bits per heavy atom. The van der Waals surface area contributed by atoms with E-state index in [9.17, 15) is 19.2 Å². The molecular formula is C24H25N3O6. The quantitative estimate of drug-likeness (QED) is 0.717. The van der Waals surface area contributed by atoms with Crippen LogP contribution >= 0.6 is 0 Å². The molecule has 0 aromatic heterocycles. The van der Waals surface area contributed by atoms with Crippen LogP contribution in [0.4, 0.5) is 9.59 Å². The van der Waals surface area contributed by atoms with Crippen LogP contribution in [0.25, 0.3) is 0 Å². The maximum atomic E-state index is 13.6. The lowest BCUT2D eigenvalue weighted by Crippen LogP contribution is -2.53. The molecule has 5 amide bonds. The van der Waals surface area contributed by atoms with Gasteiger partial charge in [0, 0.05) is 12.1 Å². The lowest BCUT2D eigenvalue weighted by Gasteiger charge is -2.31. The molecule has 1 fully saturated rings. The van der Waals surface area contributed by atoms with E-state index in [1.807, 2.05) is 0 Å². The summed E-state index contributed by atoms with van der Waals surface area (Å²) in [7, 11) is 1.54. The number of hydrogen-bond donors (Lipinski definition) is 1. The minimum Gasteiger partial charge on any atom is -0.497 e. The fraction of sp³-hybridized carbons (Fsp3) is 0.333. The third-order valence-electron chi connectivity index (χ3n) is 5.55. The van der Waals surface area contributed by atoms with Gasteiger partial charge in [-0.2, -0.15) is 4.90 Å². The molecule has 0 radical (unpaired) electrons. The van der Waals surface area contributed by atoms with Gasteiger partial charge in [-0.25, -0.2) is 9.59 Å². The standard InChI is InChI=1S/C24H25N3O6/c1-23(2,3)33-22(31)27-20(29)24(25-21(27)30,16-8-6-5-7-9-16)14-26-13-15-12-17(32-4)10-11-18(15)19(26)28/h5-12H,13-14H2,1-4H3,(H,25,30)/t24-/m1/s1. The molecule has 0 aliphatic carbocycles. The van der Waals surface area contributed by atoms with Crippen LogP contribution in [0.1, 0.15) is 42.3 Å². The van der Waals surface area contributed by atoms with Crippen molar-refractivity contribution in [1.82, 2.24) is 15.1 Å². The maximum absolute atomic E-state index is 13.6. The number of nitrogens with zero attached hydrogens (tertiary/aromatic N) is 2. The zero-order valence-electron chi connectivity index (χ0n) is 18.9. The summed E-state index contributed by atoms with van der Waals surface area (Å²) in [6.07, 6.45) is -1.07. The van der Waals surface area contributed by atoms with E-state index < -0.39 is 29.2 Å². The first-order chi connectivity index (χ1) is 15.6. The third-order valence-corrected chi connectivity index (χ3v) is 5.55. The topological polar surface area (TPSA) is 105 Å². The molecule has 0 unspecified atom stereocenters. The molecule has 2 aliphatic heterocycles. The van der Waals surface area contributed by atoms with Crippen LogP contribution < -0.4 is 10.1 Å². The largest absolute Gasteiger partial charge is 0.497 e. The van der Waals surface area contributed by atoms with E-state index in [0.29, 0.717) is 21.8 Å². The number of methoxy groups -OCH3 is 1. The van der Waals surface area contributed by atoms with Crippen molar-refractivity contribution in [3.05, 3.63) is 65.2 Å². The van der Waals surface area contributed by atoms with Gasteiger partial charge < -0.3 is 19.7 Å². The van der Waals surface area contributed by atoms with Crippen molar-refractivity contribution in [3.8, 4) is 5.75 Å². The third kappa shape index (κ3) is 3.90. The normalized spacial score (nSPS) is 20.1. The molecule has 0 saturated carbocycles. The van der Waals surface area contributed by atoms with Gasteiger partial charge in [0.25, 0.3) is 11.8 Å². The highest BCUT2D eigenvalue weighted by Gasteiger charge is 2.57. The van der Waals surface area contributed by atoms with Gasteiger partial charge >= 0.3 is 12.1 Å². The molecule has 1 atom stereocenters. The smallest absolute Gasteiger partial charge is 0.425 e. The van der Waals surface area contributed by atoms with Crippen molar-refractivity contribution in [2.75, 3.05) is 13.7 Å². The Balaban J connectivity index is 1.70. The number of rotatable bonds is 4. The second-order valence-corrected chi connectivity index (χ2v) is 9.01. The van der Waals surface area contributed by atoms with Crippen LogP contribution in [0.2, 0.25) is 0 Å². The van der Waals surface area contributed by atoms with Crippen molar-refractivity contribution < 1.29 is 28.7 Å². The second kappa shape index (κ2) is 7.91. The summed E-state index contributed by atoms with van der Waals surface area (Å²) in [4.78, 5) is 54.2. The van der Waals surface area contributed by atoms with Gasteiger partial charge in [-0.3, -0.25) is 9.59 Å². The number of hydrogen-bond acceptors (Lipinski definition) is 6. The molecule has 0 spiro atoms. The Hall–Kier alpha value is -3.88. The zero-order valence-corrected chi connectivity index (χ0v) is 18.9. The Morgan fingerprint density at radius 1 is 1.09 bits per heavy atom. The van der Waals surface area contributed by atoms with Gasteiger partial charge in [0.2, 0.25) is 0 Å². The van der Waals surface area contributed by atoms with E-state index in [-0.39, 0.29) is 19.0 Å². The van der Waals surface area contributed by atoms with Crippen molar-refractivity contribution in [2.24, 2.45) is 0 Å². The van der Waals surface area contributed by atoms with Crippen LogP contribution in [0.3, 0.4) is 0 Å². The molecule has 2 aromatic carbocycles. The average molecular weight is 451 g/mol. The van der Waals surface area contributed by atoms with Crippen molar-refractivity contribution >= 4 is 23.9 Å². The van der Waals surface area contributed by atoms with Gasteiger partial charge in [0.1, 0.15) is 11.4 Å². The second-order valence-electron chi connectivity index (χ2n) is 9.01. The van der Waals surface area contributed by atoms with E-state index in [1.165, 1.54) is 4.90 Å². The Morgan fingerprint density at radius 3 is 2.42 bits per heavy atom. The van der Waals surface area contributed by atoms with Crippen LogP contribution in [0, 0.1) is 0 Å². The summed E-state index contributed by atoms with van der Waals surface area (Å²) in [5.41, 5.74) is -0.836. The summed E-state index contributed by atoms with van der Waals surface area (Å²) in [6.45, 7) is 5.00. The lowest BCUT2D eigenvalue weighted by atomic mass is 9.89. The Labute approximate surface area is 191 Å². The minimum atomic E-state index is -1.64. The number of nitrogens with one attached hydrogen (secondary N) is 1. The molecule has 4 rings (SSSR count). The monoisotopic (exact) mass is 451 g/mol. The number of amides is 5. The molecule has 2 heterocycles. The number of fused-ring (bicyclic) bond motifs is 1. The Bertz CT molecular complexity index is 1140. The predicted molar refractivity (Wildman–Crippen MR) is 117 cm³/mol. The highest BCUT2D eigenvalue weighted by molar-refractivity contribution is 6.17. The predicted octanol–water partition coefficient (Wildman–Crippen LogP) is 3.03. The first-order valence-corrected chi connectivity index (χ1v) is 10.5. The van der Waals surface area contributed by atoms with Crippen molar-refractivity contribution in [2.45, 2.75) is 38.5 Å². The molecule has 0 bridgehead atoms. The summed E-state index contributed by atoms with van der Waals surface area (Å²) in [5.74, 6) is -0.461. The molecule has 1 saturated heterocycles. The van der Waals surface area contributed by atoms with Gasteiger partial charge in [-0.15, -0.1) is 0 Å². The number of carbonyl (C=O) groups is 4. The first-order valence-electron chi connectivity index (χ1n) is 10.5. The van der Waals surface area contributed by atoms with E-state index in [2.05, 4.69) is 5.32 Å². The van der Waals surface area contributed by atoms with E-state index in [0.717, 1.165) is 5.56 Å². The summed E-state index contributed by atoms with van der Waals surface area (Å²) in [6, 6.07) is 12.8. The molecule has 2 aliphatic rings. The van der Waals surface area contributed by atoms with Gasteiger partial charge in [0.05, 0.1) is 13.7 Å². The number of ether oxygens (including phenoxy) is 2. The van der Waals surface area contributed by atoms with Crippen LogP contribution in [-0.2, 0) is 21.6 Å². The number of benzene rings is 2. The number of carbonyl (C=O) groups excluding carboxylic acids is 4. The molecule has 9 nitrogen and oxygen atoms in total. The van der Waals surface area contributed by atoms with Crippen LogP contribution in [0.5, 0.6) is 5.75 Å². The SMILES string of the molecule is COc1ccc2c(c1)CN(C[C@]1(c3ccccc3)NC(=O)N(C(=O)OC(C)(C)C)C1=O)C2=O. The van der Waals surface area contributed by atoms with Crippen LogP contribution in [0.15, 0.2) is 48.5 Å². The van der Waals surface area contributed by atoms with Gasteiger partial charge in [-0.05, 0) is 50.1 Å². The molecule has 1 N–H and O–H groups in total. The summed E-state index contributed by atoms with van der Waals surface area (Å²) < 4.78 is 10.5. The molecule has 172 valence electrons. The van der Waals surface area contributed by atoms with E-state index >= 15 is 0 Å². The number of urea groups is 1. The average Bonchev–Trinajstić information content (AvgIpc) is 3.20. The van der Waals surface area contributed by atoms with E-state index in [1.54, 1.807) is 76.4 Å². The molecule has 9 heteroatoms. The lowest BCUT2D eigenvalue weighted by molar-refractivity contribution is -0.131. The van der Waals surface area contributed by atoms with E-state index in [4.69, 9.17) is 9.47 Å². The van der Waals surface area contributed by atoms with Crippen molar-refractivity contribution in [3.63, 3.8) is 0 Å². The number of imide groups is 3.